The lowest BCUT2D eigenvalue weighted by Crippen LogP contribution is -2.55. The fourth-order valence-corrected chi connectivity index (χ4v) is 3.75. The highest BCUT2D eigenvalue weighted by atomic mass is 16.5. The second kappa shape index (κ2) is 6.77. The minimum Gasteiger partial charge on any atom is -0.368 e. The van der Waals surface area contributed by atoms with E-state index in [0.29, 0.717) is 12.5 Å². The Morgan fingerprint density at radius 1 is 1.21 bits per heavy atom. The van der Waals surface area contributed by atoms with Crippen molar-refractivity contribution in [3.8, 4) is 0 Å². The van der Waals surface area contributed by atoms with Gasteiger partial charge >= 0.3 is 0 Å². The first-order valence-electron chi connectivity index (χ1n) is 8.71. The molecule has 2 aromatic rings. The summed E-state index contributed by atoms with van der Waals surface area (Å²) < 4.78 is 7.65. The van der Waals surface area contributed by atoms with Crippen LogP contribution < -0.4 is 0 Å². The monoisotopic (exact) mass is 325 g/mol. The highest BCUT2D eigenvalue weighted by Crippen LogP contribution is 2.28. The number of carbonyl (C=O) groups excluding carboxylic acids is 1. The van der Waals surface area contributed by atoms with Gasteiger partial charge in [0.15, 0.2) is 0 Å². The van der Waals surface area contributed by atoms with Crippen LogP contribution in [0.2, 0.25) is 0 Å². The Morgan fingerprint density at radius 2 is 2.04 bits per heavy atom. The predicted octanol–water partition coefficient (Wildman–Crippen LogP) is 1.99. The Balaban J connectivity index is 1.30. The van der Waals surface area contributed by atoms with Gasteiger partial charge in [0.2, 0.25) is 0 Å². The molecule has 5 heteroatoms. The van der Waals surface area contributed by atoms with Crippen molar-refractivity contribution in [2.45, 2.75) is 25.5 Å². The molecule has 0 bridgehead atoms. The molecule has 2 aliphatic rings. The zero-order valence-corrected chi connectivity index (χ0v) is 13.8. The number of rotatable bonds is 5. The van der Waals surface area contributed by atoms with Crippen molar-refractivity contribution < 1.29 is 9.53 Å². The average Bonchev–Trinajstić information content (AvgIpc) is 3.23. The summed E-state index contributed by atoms with van der Waals surface area (Å²) in [7, 11) is 0. The van der Waals surface area contributed by atoms with E-state index in [0.717, 1.165) is 32.5 Å². The first-order valence-corrected chi connectivity index (χ1v) is 8.71. The van der Waals surface area contributed by atoms with Crippen LogP contribution in [0.5, 0.6) is 0 Å². The first kappa shape index (κ1) is 15.4. The average molecular weight is 325 g/mol. The minimum atomic E-state index is -0.299. The molecule has 2 saturated heterocycles. The molecule has 2 aliphatic heterocycles. The normalized spacial score (nSPS) is 24.1. The van der Waals surface area contributed by atoms with Gasteiger partial charge in [-0.25, -0.2) is 0 Å². The third-order valence-electron chi connectivity index (χ3n) is 5.07. The fourth-order valence-electron chi connectivity index (χ4n) is 3.75. The van der Waals surface area contributed by atoms with Crippen LogP contribution in [0.3, 0.4) is 0 Å². The van der Waals surface area contributed by atoms with Crippen molar-refractivity contribution in [3.63, 3.8) is 0 Å². The van der Waals surface area contributed by atoms with Gasteiger partial charge in [0.25, 0.3) is 5.91 Å². The first-order chi connectivity index (χ1) is 11.8. The highest BCUT2D eigenvalue weighted by molar-refractivity contribution is 5.82. The molecular weight excluding hydrogens is 302 g/mol. The summed E-state index contributed by atoms with van der Waals surface area (Å²) in [6.45, 7) is 3.12. The molecule has 0 unspecified atom stereocenters. The third kappa shape index (κ3) is 3.22. The van der Waals surface area contributed by atoms with Gasteiger partial charge in [0.1, 0.15) is 6.10 Å². The topological polar surface area (TPSA) is 47.4 Å². The van der Waals surface area contributed by atoms with Crippen molar-refractivity contribution in [2.75, 3.05) is 19.7 Å². The Bertz CT molecular complexity index is 665. The van der Waals surface area contributed by atoms with Crippen LogP contribution in [0, 0.1) is 11.8 Å². The van der Waals surface area contributed by atoms with Gasteiger partial charge in [0, 0.05) is 44.6 Å². The van der Waals surface area contributed by atoms with Crippen LogP contribution in [-0.4, -0.2) is 46.4 Å². The van der Waals surface area contributed by atoms with Crippen LogP contribution >= 0.6 is 0 Å². The number of nitrogens with zero attached hydrogens (tertiary/aromatic N) is 3. The molecule has 126 valence electrons. The zero-order chi connectivity index (χ0) is 16.4. The maximum atomic E-state index is 12.7. The van der Waals surface area contributed by atoms with Crippen molar-refractivity contribution in [1.29, 1.82) is 0 Å². The molecule has 2 atom stereocenters. The Morgan fingerprint density at radius 3 is 2.79 bits per heavy atom. The van der Waals surface area contributed by atoms with E-state index in [1.54, 1.807) is 6.20 Å². The van der Waals surface area contributed by atoms with Crippen molar-refractivity contribution >= 4 is 5.91 Å². The van der Waals surface area contributed by atoms with E-state index in [9.17, 15) is 4.79 Å². The third-order valence-corrected chi connectivity index (χ3v) is 5.07. The summed E-state index contributed by atoms with van der Waals surface area (Å²) in [5.74, 6) is 0.960. The number of aromatic nitrogens is 2. The van der Waals surface area contributed by atoms with E-state index in [4.69, 9.17) is 4.74 Å². The summed E-state index contributed by atoms with van der Waals surface area (Å²) in [4.78, 5) is 14.7. The van der Waals surface area contributed by atoms with Gasteiger partial charge in [0.05, 0.1) is 0 Å². The number of hydrogen-bond donors (Lipinski definition) is 0. The second-order valence-electron chi connectivity index (χ2n) is 6.87. The quantitative estimate of drug-likeness (QED) is 0.845. The minimum absolute atomic E-state index is 0.161. The Labute approximate surface area is 142 Å². The molecule has 0 radical (unpaired) electrons. The molecule has 1 amide bonds. The van der Waals surface area contributed by atoms with Gasteiger partial charge < -0.3 is 9.64 Å². The SMILES string of the molecule is O=C([C@@H]1OCC[C@@H]1Cn1cccn1)N1CC(Cc2ccccc2)C1. The lowest BCUT2D eigenvalue weighted by atomic mass is 9.90. The van der Waals surface area contributed by atoms with E-state index in [1.165, 1.54) is 5.56 Å². The van der Waals surface area contributed by atoms with Crippen LogP contribution in [-0.2, 0) is 22.5 Å². The second-order valence-corrected chi connectivity index (χ2v) is 6.87. The Kier molecular flexibility index (Phi) is 4.34. The molecule has 5 nitrogen and oxygen atoms in total. The van der Waals surface area contributed by atoms with E-state index < -0.39 is 0 Å². The summed E-state index contributed by atoms with van der Waals surface area (Å²) in [6.07, 6.45) is 5.40. The van der Waals surface area contributed by atoms with E-state index in [1.807, 2.05) is 27.9 Å². The van der Waals surface area contributed by atoms with Crippen LogP contribution in [0.15, 0.2) is 48.8 Å². The van der Waals surface area contributed by atoms with Crippen molar-refractivity contribution in [3.05, 3.63) is 54.4 Å². The molecule has 3 heterocycles. The highest BCUT2D eigenvalue weighted by Gasteiger charge is 2.41. The fraction of sp³-hybridized carbons (Fsp3) is 0.474. The number of hydrogen-bond acceptors (Lipinski definition) is 3. The molecule has 4 rings (SSSR count). The Hall–Kier alpha value is -2.14. The smallest absolute Gasteiger partial charge is 0.252 e. The maximum absolute atomic E-state index is 12.7. The molecule has 1 aromatic carbocycles. The van der Waals surface area contributed by atoms with E-state index in [2.05, 4.69) is 29.4 Å². The number of carbonyl (C=O) groups is 1. The van der Waals surface area contributed by atoms with E-state index >= 15 is 0 Å². The van der Waals surface area contributed by atoms with Crippen molar-refractivity contribution in [1.82, 2.24) is 14.7 Å². The summed E-state index contributed by atoms with van der Waals surface area (Å²) in [6, 6.07) is 12.4. The lowest BCUT2D eigenvalue weighted by Gasteiger charge is -2.41. The summed E-state index contributed by atoms with van der Waals surface area (Å²) in [5.41, 5.74) is 1.35. The number of likely N-dealkylation sites (tertiary alicyclic amines) is 1. The molecule has 1 aromatic heterocycles. The molecule has 0 N–H and O–H groups in total. The number of amides is 1. The summed E-state index contributed by atoms with van der Waals surface area (Å²) >= 11 is 0. The van der Waals surface area contributed by atoms with Crippen LogP contribution in [0.1, 0.15) is 12.0 Å². The predicted molar refractivity (Wildman–Crippen MR) is 90.3 cm³/mol. The standard InChI is InChI=1S/C19H23N3O2/c23-19(18-17(7-10-24-18)14-22-9-4-8-20-22)21-12-16(13-21)11-15-5-2-1-3-6-15/h1-6,8-9,16-18H,7,10-14H2/t17-,18-/m1/s1. The summed E-state index contributed by atoms with van der Waals surface area (Å²) in [5, 5.41) is 4.25. The number of ether oxygens (including phenoxy) is 1. The van der Waals surface area contributed by atoms with Gasteiger partial charge in [-0.2, -0.15) is 5.10 Å². The molecule has 0 aliphatic carbocycles. The number of benzene rings is 1. The maximum Gasteiger partial charge on any atom is 0.252 e. The van der Waals surface area contributed by atoms with Crippen LogP contribution in [0.4, 0.5) is 0 Å². The van der Waals surface area contributed by atoms with Gasteiger partial charge in [-0.05, 0) is 30.4 Å². The largest absolute Gasteiger partial charge is 0.368 e. The van der Waals surface area contributed by atoms with Gasteiger partial charge in [-0.15, -0.1) is 0 Å². The molecule has 2 fully saturated rings. The zero-order valence-electron chi connectivity index (χ0n) is 13.8. The van der Waals surface area contributed by atoms with Crippen molar-refractivity contribution in [2.24, 2.45) is 11.8 Å². The molecule has 0 spiro atoms. The molecular formula is C19H23N3O2. The molecule has 0 saturated carbocycles. The lowest BCUT2D eigenvalue weighted by molar-refractivity contribution is -0.149. The van der Waals surface area contributed by atoms with Gasteiger partial charge in [-0.1, -0.05) is 30.3 Å². The van der Waals surface area contributed by atoms with Gasteiger partial charge in [-0.3, -0.25) is 9.48 Å². The molecule has 24 heavy (non-hydrogen) atoms. The van der Waals surface area contributed by atoms with E-state index in [-0.39, 0.29) is 17.9 Å². The van der Waals surface area contributed by atoms with Crippen LogP contribution in [0.25, 0.3) is 0 Å².